The van der Waals surface area contributed by atoms with Crippen molar-refractivity contribution in [3.05, 3.63) is 138 Å². The van der Waals surface area contributed by atoms with Gasteiger partial charge in [-0.3, -0.25) is 0 Å². The van der Waals surface area contributed by atoms with E-state index in [4.69, 9.17) is 23.7 Å². The van der Waals surface area contributed by atoms with Gasteiger partial charge in [-0.1, -0.05) is 0 Å². The van der Waals surface area contributed by atoms with Crippen molar-refractivity contribution in [1.82, 2.24) is 0 Å². The molecule has 2 heterocycles. The van der Waals surface area contributed by atoms with Crippen LogP contribution in [-0.2, 0) is 36.9 Å². The molecule has 0 aliphatic carbocycles. The molecule has 2 fully saturated rings. The second-order valence-corrected chi connectivity index (χ2v) is 12.1. The molecule has 2 saturated heterocycles. The molecule has 0 radical (unpaired) electrons. The third kappa shape index (κ3) is 6.68. The van der Waals surface area contributed by atoms with Crippen molar-refractivity contribution in [2.75, 3.05) is 6.61 Å². The van der Waals surface area contributed by atoms with E-state index in [9.17, 15) is 0 Å². The van der Waals surface area contributed by atoms with Crippen LogP contribution in [-0.4, -0.2) is 51.0 Å². The third-order valence-corrected chi connectivity index (χ3v) is 9.35. The summed E-state index contributed by atoms with van der Waals surface area (Å²) in [5, 5.41) is -0.161. The van der Waals surface area contributed by atoms with E-state index in [0.29, 0.717) is 19.8 Å². The number of fused-ring (bicyclic) bond motifs is 1. The Balaban J connectivity index is 1.30. The van der Waals surface area contributed by atoms with Crippen molar-refractivity contribution in [3.63, 3.8) is 0 Å². The Bertz CT molecular complexity index is 1270. The molecule has 2 aliphatic heterocycles. The van der Waals surface area contributed by atoms with Crippen LogP contribution in [0.4, 0.5) is 0 Å². The van der Waals surface area contributed by atoms with Gasteiger partial charge in [0.25, 0.3) is 0 Å². The Labute approximate surface area is 236 Å². The zero-order valence-corrected chi connectivity index (χ0v) is 23.3. The van der Waals surface area contributed by atoms with Gasteiger partial charge in [-0.15, -0.1) is 0 Å². The van der Waals surface area contributed by atoms with Crippen LogP contribution in [0.15, 0.2) is 121 Å². The topological polar surface area (TPSA) is 46.2 Å². The van der Waals surface area contributed by atoms with Gasteiger partial charge >= 0.3 is 237 Å². The predicted molar refractivity (Wildman–Crippen MR) is 151 cm³/mol. The molecular weight excluding hydrogens is 555 g/mol. The summed E-state index contributed by atoms with van der Waals surface area (Å²) in [7, 11) is 0. The van der Waals surface area contributed by atoms with Gasteiger partial charge in [0.15, 0.2) is 0 Å². The number of rotatable bonds is 9. The Kier molecular flexibility index (Phi) is 8.83. The number of benzene rings is 4. The van der Waals surface area contributed by atoms with Gasteiger partial charge in [-0.25, -0.2) is 0 Å². The summed E-state index contributed by atoms with van der Waals surface area (Å²) in [5.41, 5.74) is 3.21. The molecule has 0 spiro atoms. The van der Waals surface area contributed by atoms with Crippen LogP contribution in [0.2, 0.25) is 0 Å². The van der Waals surface area contributed by atoms with Gasteiger partial charge in [0, 0.05) is 0 Å². The van der Waals surface area contributed by atoms with Crippen molar-refractivity contribution >= 4 is 19.4 Å². The Morgan fingerprint density at radius 3 is 1.77 bits per heavy atom. The SMILES string of the molecule is c1ccc(COC2[C@H]([Se]c3ccccc3)OC3COC(c4ccccc4)O[C@@H]3[C@H]2OCc2ccccc2)cc1. The summed E-state index contributed by atoms with van der Waals surface area (Å²) in [6.45, 7) is 1.37. The standard InChI is InChI=1S/C33H32O5Se/c1-5-13-24(14-6-1)21-34-30-29-28(23-36-32(38-29)26-17-9-3-10-18-26)37-33(39-27-19-11-4-12-20-27)31(30)35-22-25-15-7-2-8-16-25/h1-20,28-33H,21-23H2/t28?,29-,30+,31?,32?,33-/m0/s1. The van der Waals surface area contributed by atoms with Crippen LogP contribution in [0.1, 0.15) is 23.0 Å². The third-order valence-electron chi connectivity index (χ3n) is 6.92. The summed E-state index contributed by atoms with van der Waals surface area (Å²) >= 11 is -0.00177. The maximum atomic E-state index is 6.73. The van der Waals surface area contributed by atoms with Gasteiger partial charge in [0.05, 0.1) is 0 Å². The van der Waals surface area contributed by atoms with Crippen molar-refractivity contribution in [1.29, 1.82) is 0 Å². The molecule has 4 aromatic carbocycles. The molecule has 0 aromatic heterocycles. The van der Waals surface area contributed by atoms with Crippen LogP contribution in [0.25, 0.3) is 0 Å². The number of ether oxygens (including phenoxy) is 5. The van der Waals surface area contributed by atoms with Gasteiger partial charge in [-0.05, 0) is 0 Å². The van der Waals surface area contributed by atoms with Crippen LogP contribution >= 0.6 is 0 Å². The average Bonchev–Trinajstić information content (AvgIpc) is 3.01. The summed E-state index contributed by atoms with van der Waals surface area (Å²) in [5.74, 6) is 0. The molecule has 5 nitrogen and oxygen atoms in total. The molecule has 3 unspecified atom stereocenters. The second kappa shape index (κ2) is 13.0. The summed E-state index contributed by atoms with van der Waals surface area (Å²) < 4.78 is 34.2. The van der Waals surface area contributed by atoms with E-state index in [2.05, 4.69) is 48.5 Å². The van der Waals surface area contributed by atoms with Crippen molar-refractivity contribution in [2.45, 2.75) is 48.9 Å². The Hall–Kier alpha value is -2.80. The van der Waals surface area contributed by atoms with E-state index in [1.807, 2.05) is 72.8 Å². The van der Waals surface area contributed by atoms with Gasteiger partial charge in [-0.2, -0.15) is 0 Å². The first-order valence-electron chi connectivity index (χ1n) is 13.3. The van der Waals surface area contributed by atoms with Crippen molar-refractivity contribution < 1.29 is 23.7 Å². The number of hydrogen-bond donors (Lipinski definition) is 0. The molecular formula is C33H32O5Se. The monoisotopic (exact) mass is 588 g/mol. The fraction of sp³-hybridized carbons (Fsp3) is 0.273. The molecule has 6 heteroatoms. The van der Waals surface area contributed by atoms with Gasteiger partial charge in [0.2, 0.25) is 0 Å². The Morgan fingerprint density at radius 2 is 1.15 bits per heavy atom. The van der Waals surface area contributed by atoms with E-state index in [0.717, 1.165) is 16.7 Å². The first-order chi connectivity index (χ1) is 19.3. The molecule has 4 aromatic rings. The summed E-state index contributed by atoms with van der Waals surface area (Å²) in [4.78, 5) is 0. The molecule has 0 N–H and O–H groups in total. The van der Waals surface area contributed by atoms with E-state index in [1.54, 1.807) is 0 Å². The molecule has 0 bridgehead atoms. The van der Waals surface area contributed by atoms with E-state index in [-0.39, 0.29) is 44.4 Å². The normalized spacial score (nSPS) is 26.6. The predicted octanol–water partition coefficient (Wildman–Crippen LogP) is 5.03. The van der Waals surface area contributed by atoms with E-state index >= 15 is 0 Å². The molecule has 6 rings (SSSR count). The fourth-order valence-corrected chi connectivity index (χ4v) is 7.36. The van der Waals surface area contributed by atoms with Crippen LogP contribution < -0.4 is 4.46 Å². The van der Waals surface area contributed by atoms with Gasteiger partial charge < -0.3 is 0 Å². The molecule has 39 heavy (non-hydrogen) atoms. The van der Waals surface area contributed by atoms with Crippen LogP contribution in [0, 0.1) is 0 Å². The first kappa shape index (κ1) is 26.4. The fourth-order valence-electron chi connectivity index (χ4n) is 4.95. The van der Waals surface area contributed by atoms with Crippen LogP contribution in [0.3, 0.4) is 0 Å². The second-order valence-electron chi connectivity index (χ2n) is 9.67. The zero-order valence-electron chi connectivity index (χ0n) is 21.6. The quantitative estimate of drug-likeness (QED) is 0.257. The first-order valence-corrected chi connectivity index (χ1v) is 15.2. The van der Waals surface area contributed by atoms with Crippen LogP contribution in [0.5, 0.6) is 0 Å². The van der Waals surface area contributed by atoms with Crippen molar-refractivity contribution in [2.24, 2.45) is 0 Å². The summed E-state index contributed by atoms with van der Waals surface area (Å²) in [6.07, 6.45) is -1.72. The van der Waals surface area contributed by atoms with Gasteiger partial charge in [0.1, 0.15) is 0 Å². The summed E-state index contributed by atoms with van der Waals surface area (Å²) in [6, 6.07) is 41.1. The molecule has 0 amide bonds. The van der Waals surface area contributed by atoms with Crippen molar-refractivity contribution in [3.8, 4) is 0 Å². The molecule has 0 saturated carbocycles. The van der Waals surface area contributed by atoms with E-state index < -0.39 is 6.29 Å². The maximum absolute atomic E-state index is 6.73. The minimum atomic E-state index is -0.482. The zero-order chi connectivity index (χ0) is 26.3. The number of hydrogen-bond acceptors (Lipinski definition) is 5. The van der Waals surface area contributed by atoms with E-state index in [1.165, 1.54) is 4.46 Å². The molecule has 200 valence electrons. The minimum absolute atomic E-state index is 0.00177. The molecule has 2 aliphatic rings. The average molecular weight is 588 g/mol. The Morgan fingerprint density at radius 1 is 0.615 bits per heavy atom. The molecule has 6 atom stereocenters.